The van der Waals surface area contributed by atoms with Gasteiger partial charge in [-0.2, -0.15) is 0 Å². The highest BCUT2D eigenvalue weighted by molar-refractivity contribution is 8.01. The number of thiazole rings is 1. The molecule has 2 rings (SSSR count). The third kappa shape index (κ3) is 3.22. The van der Waals surface area contributed by atoms with Crippen LogP contribution in [-0.2, 0) is 4.79 Å². The first-order chi connectivity index (χ1) is 8.56. The third-order valence-electron chi connectivity index (χ3n) is 2.01. The molecule has 1 heterocycles. The molecule has 0 fully saturated rings. The van der Waals surface area contributed by atoms with Gasteiger partial charge in [-0.25, -0.2) is 9.37 Å². The van der Waals surface area contributed by atoms with Gasteiger partial charge in [0.05, 0.1) is 16.5 Å². The number of nitrogens with zero attached hydrogens (tertiary/aromatic N) is 1. The highest BCUT2D eigenvalue weighted by Crippen LogP contribution is 2.32. The minimum Gasteiger partial charge on any atom is -0.481 e. The average molecular weight is 304 g/mol. The molecule has 0 aliphatic carbocycles. The highest BCUT2D eigenvalue weighted by Gasteiger charge is 2.10. The van der Waals surface area contributed by atoms with Gasteiger partial charge in [-0.3, -0.25) is 4.79 Å². The molecule has 0 aliphatic rings. The average Bonchev–Trinajstić information content (AvgIpc) is 2.75. The van der Waals surface area contributed by atoms with Crippen molar-refractivity contribution >= 4 is 40.7 Å². The number of rotatable bonds is 4. The number of halogens is 2. The van der Waals surface area contributed by atoms with E-state index in [2.05, 4.69) is 4.98 Å². The van der Waals surface area contributed by atoms with Crippen LogP contribution in [0.25, 0.3) is 11.3 Å². The normalized spacial score (nSPS) is 10.6. The number of hydrogen-bond donors (Lipinski definition) is 1. The number of aliphatic carboxylic acids is 1. The van der Waals surface area contributed by atoms with Crippen molar-refractivity contribution in [1.29, 1.82) is 0 Å². The van der Waals surface area contributed by atoms with Gasteiger partial charge in [-0.15, -0.1) is 11.3 Å². The summed E-state index contributed by atoms with van der Waals surface area (Å²) in [5.41, 5.74) is 1.26. The molecule has 18 heavy (non-hydrogen) atoms. The van der Waals surface area contributed by atoms with Crippen LogP contribution in [-0.4, -0.2) is 21.8 Å². The van der Waals surface area contributed by atoms with E-state index < -0.39 is 11.8 Å². The van der Waals surface area contributed by atoms with Crippen molar-refractivity contribution in [3.05, 3.63) is 34.4 Å². The molecule has 0 bridgehead atoms. The fourth-order valence-electron chi connectivity index (χ4n) is 1.27. The maximum Gasteiger partial charge on any atom is 0.313 e. The predicted octanol–water partition coefficient (Wildman–Crippen LogP) is 3.78. The number of benzene rings is 1. The van der Waals surface area contributed by atoms with Crippen LogP contribution in [0.15, 0.2) is 27.9 Å². The summed E-state index contributed by atoms with van der Waals surface area (Å²) >= 11 is 8.40. The van der Waals surface area contributed by atoms with E-state index in [4.69, 9.17) is 16.7 Å². The van der Waals surface area contributed by atoms with Crippen molar-refractivity contribution in [2.45, 2.75) is 4.34 Å². The molecule has 7 heteroatoms. The number of hydrogen-bond acceptors (Lipinski definition) is 4. The van der Waals surface area contributed by atoms with Crippen LogP contribution in [0, 0.1) is 5.82 Å². The van der Waals surface area contributed by atoms with Gasteiger partial charge in [0.15, 0.2) is 4.34 Å². The molecule has 2 aromatic rings. The van der Waals surface area contributed by atoms with Crippen LogP contribution in [0.5, 0.6) is 0 Å². The summed E-state index contributed by atoms with van der Waals surface area (Å²) in [6, 6.07) is 4.09. The van der Waals surface area contributed by atoms with Crippen LogP contribution in [0.4, 0.5) is 4.39 Å². The highest BCUT2D eigenvalue weighted by atomic mass is 35.5. The van der Waals surface area contributed by atoms with E-state index in [1.54, 1.807) is 11.4 Å². The lowest BCUT2D eigenvalue weighted by Gasteiger charge is -2.00. The van der Waals surface area contributed by atoms with E-state index in [1.165, 1.54) is 23.5 Å². The van der Waals surface area contributed by atoms with E-state index in [1.807, 2.05) is 0 Å². The second-order valence-electron chi connectivity index (χ2n) is 3.31. The zero-order valence-corrected chi connectivity index (χ0v) is 11.3. The minimum absolute atomic E-state index is 0.0376. The van der Waals surface area contributed by atoms with Crippen LogP contribution in [0.2, 0.25) is 5.02 Å². The number of carboxylic acids is 1. The van der Waals surface area contributed by atoms with Crippen LogP contribution in [0.3, 0.4) is 0 Å². The van der Waals surface area contributed by atoms with E-state index >= 15 is 0 Å². The minimum atomic E-state index is -0.892. The Morgan fingerprint density at radius 3 is 3.00 bits per heavy atom. The second kappa shape index (κ2) is 5.69. The molecular weight excluding hydrogens is 297 g/mol. The first-order valence-electron chi connectivity index (χ1n) is 4.82. The maximum atomic E-state index is 12.9. The largest absolute Gasteiger partial charge is 0.481 e. The molecule has 1 N–H and O–H groups in total. The van der Waals surface area contributed by atoms with Crippen molar-refractivity contribution in [1.82, 2.24) is 4.98 Å². The zero-order valence-electron chi connectivity index (χ0n) is 8.89. The van der Waals surface area contributed by atoms with Crippen LogP contribution >= 0.6 is 34.7 Å². The summed E-state index contributed by atoms with van der Waals surface area (Å²) in [7, 11) is 0. The standard InChI is InChI=1S/C11H7ClFNO2S2/c12-8-3-6(13)1-2-7(8)9-4-17-11(14-9)18-5-10(15)16/h1-4H,5H2,(H,15,16). The molecule has 1 aromatic carbocycles. The number of aromatic nitrogens is 1. The second-order valence-corrected chi connectivity index (χ2v) is 5.79. The van der Waals surface area contributed by atoms with Gasteiger partial charge in [0.2, 0.25) is 0 Å². The Balaban J connectivity index is 2.21. The molecule has 1 aromatic heterocycles. The van der Waals surface area contributed by atoms with E-state index in [0.717, 1.165) is 11.8 Å². The molecule has 0 saturated carbocycles. The molecule has 0 atom stereocenters. The van der Waals surface area contributed by atoms with E-state index in [9.17, 15) is 9.18 Å². The predicted molar refractivity (Wildman–Crippen MR) is 70.9 cm³/mol. The fraction of sp³-hybridized carbons (Fsp3) is 0.0909. The molecule has 0 radical (unpaired) electrons. The molecule has 0 unspecified atom stereocenters. The summed E-state index contributed by atoms with van der Waals surface area (Å²) < 4.78 is 13.6. The number of carboxylic acid groups (broad SMARTS) is 1. The summed E-state index contributed by atoms with van der Waals surface area (Å²) in [5.74, 6) is -1.33. The Morgan fingerprint density at radius 1 is 1.56 bits per heavy atom. The molecular formula is C11H7ClFNO2S2. The summed E-state index contributed by atoms with van der Waals surface area (Å²) in [6.45, 7) is 0. The Morgan fingerprint density at radius 2 is 2.33 bits per heavy atom. The van der Waals surface area contributed by atoms with Crippen molar-refractivity contribution in [2.24, 2.45) is 0 Å². The van der Waals surface area contributed by atoms with Crippen molar-refractivity contribution in [2.75, 3.05) is 5.75 Å². The smallest absolute Gasteiger partial charge is 0.313 e. The number of carbonyl (C=O) groups is 1. The molecule has 3 nitrogen and oxygen atoms in total. The Bertz CT molecular complexity index is 588. The third-order valence-corrected chi connectivity index (χ3v) is 4.33. The SMILES string of the molecule is O=C(O)CSc1nc(-c2ccc(F)cc2Cl)cs1. The van der Waals surface area contributed by atoms with Crippen LogP contribution in [0.1, 0.15) is 0 Å². The molecule has 0 spiro atoms. The number of thioether (sulfide) groups is 1. The van der Waals surface area contributed by atoms with Crippen molar-refractivity contribution < 1.29 is 14.3 Å². The summed E-state index contributed by atoms with van der Waals surface area (Å²) in [6.07, 6.45) is 0. The topological polar surface area (TPSA) is 50.2 Å². The monoisotopic (exact) mass is 303 g/mol. The maximum absolute atomic E-state index is 12.9. The Kier molecular flexibility index (Phi) is 4.21. The molecule has 0 saturated heterocycles. The molecule has 0 aliphatic heterocycles. The first kappa shape index (κ1) is 13.3. The van der Waals surface area contributed by atoms with Gasteiger partial charge in [0.25, 0.3) is 0 Å². The fourth-order valence-corrected chi connectivity index (χ4v) is 3.08. The molecule has 94 valence electrons. The lowest BCUT2D eigenvalue weighted by atomic mass is 10.2. The quantitative estimate of drug-likeness (QED) is 0.873. The molecule has 0 amide bonds. The van der Waals surface area contributed by atoms with Crippen LogP contribution < -0.4 is 0 Å². The van der Waals surface area contributed by atoms with Gasteiger partial charge < -0.3 is 5.11 Å². The van der Waals surface area contributed by atoms with Gasteiger partial charge in [-0.05, 0) is 18.2 Å². The van der Waals surface area contributed by atoms with E-state index in [-0.39, 0.29) is 10.8 Å². The zero-order chi connectivity index (χ0) is 13.1. The van der Waals surface area contributed by atoms with E-state index in [0.29, 0.717) is 15.6 Å². The lowest BCUT2D eigenvalue weighted by molar-refractivity contribution is -0.133. The van der Waals surface area contributed by atoms with Crippen molar-refractivity contribution in [3.63, 3.8) is 0 Å². The van der Waals surface area contributed by atoms with Gasteiger partial charge in [0, 0.05) is 10.9 Å². The van der Waals surface area contributed by atoms with Gasteiger partial charge in [0.1, 0.15) is 5.82 Å². The lowest BCUT2D eigenvalue weighted by Crippen LogP contribution is -1.96. The van der Waals surface area contributed by atoms with Gasteiger partial charge >= 0.3 is 5.97 Å². The van der Waals surface area contributed by atoms with Crippen molar-refractivity contribution in [3.8, 4) is 11.3 Å². The first-order valence-corrected chi connectivity index (χ1v) is 7.06. The van der Waals surface area contributed by atoms with Gasteiger partial charge in [-0.1, -0.05) is 23.4 Å². The Hall–Kier alpha value is -1.11. The Labute approximate surface area is 116 Å². The summed E-state index contributed by atoms with van der Waals surface area (Å²) in [5, 5.41) is 10.6. The summed E-state index contributed by atoms with van der Waals surface area (Å²) in [4.78, 5) is 14.7.